The van der Waals surface area contributed by atoms with E-state index in [1.54, 1.807) is 0 Å². The molecule has 0 bridgehead atoms. The third-order valence-electron chi connectivity index (χ3n) is 5.00. The quantitative estimate of drug-likeness (QED) is 0.381. The summed E-state index contributed by atoms with van der Waals surface area (Å²) in [6.45, 7) is 9.75. The van der Waals surface area contributed by atoms with Gasteiger partial charge in [-0.15, -0.1) is 0 Å². The molecule has 0 aliphatic heterocycles. The maximum absolute atomic E-state index is 12.1. The maximum atomic E-state index is 12.1. The second kappa shape index (κ2) is 12.3. The molecule has 1 rings (SSSR count). The summed E-state index contributed by atoms with van der Waals surface area (Å²) >= 11 is 0. The fourth-order valence-corrected chi connectivity index (χ4v) is 3.20. The molecule has 0 aromatic carbocycles. The van der Waals surface area contributed by atoms with Crippen LogP contribution in [0.25, 0.3) is 0 Å². The van der Waals surface area contributed by atoms with Crippen molar-refractivity contribution in [3.8, 4) is 0 Å². The molecule has 1 aliphatic rings. The first-order valence-electron chi connectivity index (χ1n) is 10.2. The first-order valence-corrected chi connectivity index (χ1v) is 10.2. The molecule has 0 unspecified atom stereocenters. The third kappa shape index (κ3) is 9.86. The van der Waals surface area contributed by atoms with Crippen molar-refractivity contribution in [1.29, 1.82) is 0 Å². The minimum atomic E-state index is -0.0855. The molecule has 0 aromatic heterocycles. The molecule has 0 atom stereocenters. The summed E-state index contributed by atoms with van der Waals surface area (Å²) in [5.41, 5.74) is 0. The highest BCUT2D eigenvalue weighted by atomic mass is 16.5. The number of hydrogen-bond donors (Lipinski definition) is 0. The molecule has 1 fully saturated rings. The van der Waals surface area contributed by atoms with Gasteiger partial charge < -0.3 is 9.47 Å². The molecule has 0 radical (unpaired) electrons. The van der Waals surface area contributed by atoms with E-state index in [4.69, 9.17) is 9.47 Å². The van der Waals surface area contributed by atoms with E-state index in [0.717, 1.165) is 50.9 Å². The fraction of sp³-hybridized carbons (Fsp3) is 0.905. The largest absolute Gasteiger partial charge is 0.465 e. The summed E-state index contributed by atoms with van der Waals surface area (Å²) in [6, 6.07) is 0. The predicted molar refractivity (Wildman–Crippen MR) is 100 cm³/mol. The van der Waals surface area contributed by atoms with Crippen LogP contribution in [-0.4, -0.2) is 25.2 Å². The van der Waals surface area contributed by atoms with Crippen LogP contribution in [0.3, 0.4) is 0 Å². The van der Waals surface area contributed by atoms with Crippen molar-refractivity contribution in [1.82, 2.24) is 0 Å². The molecule has 0 saturated heterocycles. The number of hydrogen-bond acceptors (Lipinski definition) is 4. The lowest BCUT2D eigenvalue weighted by Gasteiger charge is -2.26. The SMILES string of the molecule is CC(C)CCCCCOC(=O)C1CCC(C(=O)OCCC(C)C)CC1. The topological polar surface area (TPSA) is 52.6 Å². The second-order valence-corrected chi connectivity index (χ2v) is 8.31. The van der Waals surface area contributed by atoms with Gasteiger partial charge in [-0.3, -0.25) is 9.59 Å². The summed E-state index contributed by atoms with van der Waals surface area (Å²) in [6.07, 6.45) is 8.42. The minimum Gasteiger partial charge on any atom is -0.465 e. The molecule has 0 N–H and O–H groups in total. The molecule has 0 aromatic rings. The molecule has 1 saturated carbocycles. The zero-order valence-corrected chi connectivity index (χ0v) is 16.7. The Kier molecular flexibility index (Phi) is 10.8. The average Bonchev–Trinajstić information content (AvgIpc) is 2.57. The van der Waals surface area contributed by atoms with Crippen LogP contribution in [0.2, 0.25) is 0 Å². The van der Waals surface area contributed by atoms with Gasteiger partial charge in [0.25, 0.3) is 0 Å². The third-order valence-corrected chi connectivity index (χ3v) is 5.00. The molecule has 0 heterocycles. The van der Waals surface area contributed by atoms with Crippen LogP contribution in [0, 0.1) is 23.7 Å². The van der Waals surface area contributed by atoms with E-state index in [-0.39, 0.29) is 23.8 Å². The Bertz CT molecular complexity index is 381. The van der Waals surface area contributed by atoms with E-state index in [2.05, 4.69) is 27.7 Å². The number of unbranched alkanes of at least 4 members (excludes halogenated alkanes) is 2. The van der Waals surface area contributed by atoms with Gasteiger partial charge in [-0.1, -0.05) is 47.0 Å². The van der Waals surface area contributed by atoms with Crippen LogP contribution in [-0.2, 0) is 19.1 Å². The smallest absolute Gasteiger partial charge is 0.308 e. The Morgan fingerprint density at radius 1 is 0.720 bits per heavy atom. The molecular formula is C21H38O4. The highest BCUT2D eigenvalue weighted by Gasteiger charge is 2.31. The van der Waals surface area contributed by atoms with Crippen LogP contribution >= 0.6 is 0 Å². The number of carbonyl (C=O) groups excluding carboxylic acids is 2. The lowest BCUT2D eigenvalue weighted by atomic mass is 9.82. The monoisotopic (exact) mass is 354 g/mol. The van der Waals surface area contributed by atoms with E-state index in [9.17, 15) is 9.59 Å². The Morgan fingerprint density at radius 2 is 1.20 bits per heavy atom. The highest BCUT2D eigenvalue weighted by Crippen LogP contribution is 2.30. The summed E-state index contributed by atoms with van der Waals surface area (Å²) in [5, 5.41) is 0. The zero-order chi connectivity index (χ0) is 18.7. The molecule has 25 heavy (non-hydrogen) atoms. The van der Waals surface area contributed by atoms with Gasteiger partial charge in [0.15, 0.2) is 0 Å². The molecular weight excluding hydrogens is 316 g/mol. The van der Waals surface area contributed by atoms with Crippen molar-refractivity contribution in [2.75, 3.05) is 13.2 Å². The summed E-state index contributed by atoms with van der Waals surface area (Å²) in [5.74, 6) is 1.06. The minimum absolute atomic E-state index is 0.0321. The standard InChI is InChI=1S/C21H38O4/c1-16(2)8-6-5-7-14-24-20(22)18-9-11-19(12-10-18)21(23)25-15-13-17(3)4/h16-19H,5-15H2,1-4H3. The van der Waals surface area contributed by atoms with E-state index in [1.807, 2.05) is 0 Å². The molecule has 0 amide bonds. The zero-order valence-electron chi connectivity index (χ0n) is 16.7. The van der Waals surface area contributed by atoms with E-state index >= 15 is 0 Å². The lowest BCUT2D eigenvalue weighted by molar-refractivity contribution is -0.155. The van der Waals surface area contributed by atoms with Crippen molar-refractivity contribution >= 4 is 11.9 Å². The Labute approximate surface area is 154 Å². The van der Waals surface area contributed by atoms with Crippen molar-refractivity contribution in [2.45, 2.75) is 85.5 Å². The van der Waals surface area contributed by atoms with Crippen LogP contribution in [0.15, 0.2) is 0 Å². The van der Waals surface area contributed by atoms with E-state index in [1.165, 1.54) is 12.8 Å². The summed E-state index contributed by atoms with van der Waals surface area (Å²) in [7, 11) is 0. The van der Waals surface area contributed by atoms with Gasteiger partial charge >= 0.3 is 11.9 Å². The van der Waals surface area contributed by atoms with Gasteiger partial charge in [-0.2, -0.15) is 0 Å². The normalized spacial score (nSPS) is 20.7. The summed E-state index contributed by atoms with van der Waals surface area (Å²) < 4.78 is 10.8. The molecule has 1 aliphatic carbocycles. The maximum Gasteiger partial charge on any atom is 0.308 e. The van der Waals surface area contributed by atoms with E-state index in [0.29, 0.717) is 19.1 Å². The number of rotatable bonds is 11. The Hall–Kier alpha value is -1.06. The van der Waals surface area contributed by atoms with Crippen LogP contribution in [0.5, 0.6) is 0 Å². The van der Waals surface area contributed by atoms with Crippen LogP contribution in [0.4, 0.5) is 0 Å². The lowest BCUT2D eigenvalue weighted by Crippen LogP contribution is -2.28. The van der Waals surface area contributed by atoms with Gasteiger partial charge in [0.05, 0.1) is 25.0 Å². The van der Waals surface area contributed by atoms with Crippen molar-refractivity contribution < 1.29 is 19.1 Å². The first-order chi connectivity index (χ1) is 11.9. The number of ether oxygens (including phenoxy) is 2. The predicted octanol–water partition coefficient (Wildman–Crippen LogP) is 5.14. The van der Waals surface area contributed by atoms with Crippen molar-refractivity contribution in [2.24, 2.45) is 23.7 Å². The van der Waals surface area contributed by atoms with Gasteiger partial charge in [0.2, 0.25) is 0 Å². The molecule has 146 valence electrons. The fourth-order valence-electron chi connectivity index (χ4n) is 3.20. The van der Waals surface area contributed by atoms with Gasteiger partial charge in [-0.25, -0.2) is 0 Å². The number of carbonyl (C=O) groups is 2. The van der Waals surface area contributed by atoms with Crippen molar-refractivity contribution in [3.63, 3.8) is 0 Å². The first kappa shape index (κ1) is 22.0. The van der Waals surface area contributed by atoms with Crippen LogP contribution in [0.1, 0.15) is 85.5 Å². The Balaban J connectivity index is 2.12. The van der Waals surface area contributed by atoms with Gasteiger partial charge in [0, 0.05) is 0 Å². The van der Waals surface area contributed by atoms with Gasteiger partial charge in [-0.05, 0) is 50.4 Å². The Morgan fingerprint density at radius 3 is 1.68 bits per heavy atom. The highest BCUT2D eigenvalue weighted by molar-refractivity contribution is 5.75. The number of esters is 2. The second-order valence-electron chi connectivity index (χ2n) is 8.31. The summed E-state index contributed by atoms with van der Waals surface area (Å²) in [4.78, 5) is 24.2. The van der Waals surface area contributed by atoms with E-state index < -0.39 is 0 Å². The molecule has 4 nitrogen and oxygen atoms in total. The van der Waals surface area contributed by atoms with Crippen LogP contribution < -0.4 is 0 Å². The molecule has 0 spiro atoms. The average molecular weight is 355 g/mol. The molecule has 4 heteroatoms. The van der Waals surface area contributed by atoms with Gasteiger partial charge in [0.1, 0.15) is 0 Å². The van der Waals surface area contributed by atoms with Crippen molar-refractivity contribution in [3.05, 3.63) is 0 Å².